The number of hydrogen-bond acceptors (Lipinski definition) is 12. The predicted molar refractivity (Wildman–Crippen MR) is 210 cm³/mol. The van der Waals surface area contributed by atoms with Crippen molar-refractivity contribution in [2.45, 2.75) is 59.9 Å². The van der Waals surface area contributed by atoms with Crippen molar-refractivity contribution in [3.05, 3.63) is 52.1 Å². The second-order valence-corrected chi connectivity index (χ2v) is 17.4. The predicted octanol–water partition coefficient (Wildman–Crippen LogP) is 3.29. The molecule has 1 radical (unpaired) electrons. The number of aliphatic carboxylic acids is 3. The van der Waals surface area contributed by atoms with E-state index in [1.54, 1.807) is 27.7 Å². The number of aryl methyl sites for hydroxylation is 5. The molecular weight excluding hydrogens is 929 g/mol. The zero-order chi connectivity index (χ0) is 41.8. The van der Waals surface area contributed by atoms with E-state index in [1.165, 1.54) is 0 Å². The van der Waals surface area contributed by atoms with Crippen LogP contribution in [0.15, 0.2) is 24.3 Å². The molecule has 5 N–H and O–H groups in total. The molecule has 1 aliphatic rings. The van der Waals surface area contributed by atoms with Crippen LogP contribution in [0.5, 0.6) is 5.75 Å². The minimum atomic E-state index is -4.62. The van der Waals surface area contributed by atoms with Gasteiger partial charge in [-0.2, -0.15) is 8.42 Å². The van der Waals surface area contributed by atoms with Crippen LogP contribution in [-0.2, 0) is 33.6 Å². The molecule has 0 amide bonds. The molecule has 3 rings (SSSR count). The van der Waals surface area contributed by atoms with Crippen molar-refractivity contribution in [1.29, 1.82) is 0 Å². The minimum absolute atomic E-state index is 0. The van der Waals surface area contributed by atoms with E-state index in [-0.39, 0.29) is 130 Å². The van der Waals surface area contributed by atoms with Gasteiger partial charge in [0, 0.05) is 52.4 Å². The van der Waals surface area contributed by atoms with Gasteiger partial charge in [-0.05, 0) is 106 Å². The van der Waals surface area contributed by atoms with Crippen LogP contribution in [0, 0.1) is 74.6 Å². The van der Waals surface area contributed by atoms with Crippen molar-refractivity contribution in [3.8, 4) is 16.9 Å². The third kappa shape index (κ3) is 17.9. The smallest absolute Gasteiger partial charge is 0.480 e. The van der Waals surface area contributed by atoms with Crippen LogP contribution in [-0.4, -0.2) is 161 Å². The summed E-state index contributed by atoms with van der Waals surface area (Å²) in [4.78, 5) is 53.4. The number of phosphoric ester groups is 1. The molecule has 0 bridgehead atoms. The topological polar surface area (TPSA) is 235 Å². The number of carboxylic acids is 3. The largest absolute Gasteiger partial charge is 3.00 e. The number of benzene rings is 2. The molecule has 57 heavy (non-hydrogen) atoms. The molecule has 319 valence electrons. The maximum atomic E-state index is 13.1. The van der Waals surface area contributed by atoms with Gasteiger partial charge in [0.15, 0.2) is 0 Å². The molecule has 17 nitrogen and oxygen atoms in total. The van der Waals surface area contributed by atoms with Gasteiger partial charge in [-0.3, -0.25) is 43.1 Å². The van der Waals surface area contributed by atoms with Crippen molar-refractivity contribution >= 4 is 35.8 Å². The van der Waals surface area contributed by atoms with Gasteiger partial charge in [0.05, 0.1) is 25.4 Å². The zero-order valence-corrected chi connectivity index (χ0v) is 37.2. The van der Waals surface area contributed by atoms with Crippen molar-refractivity contribution < 1.29 is 101 Å². The third-order valence-electron chi connectivity index (χ3n) is 9.75. The summed E-state index contributed by atoms with van der Waals surface area (Å²) in [7, 11) is -8.80. The van der Waals surface area contributed by atoms with Crippen LogP contribution in [0.25, 0.3) is 11.1 Å². The fourth-order valence-electron chi connectivity index (χ4n) is 7.09. The second-order valence-electron chi connectivity index (χ2n) is 14.5. The first-order chi connectivity index (χ1) is 26.1. The Hall–Kier alpha value is -2.13. The third-order valence-corrected chi connectivity index (χ3v) is 11.5. The van der Waals surface area contributed by atoms with Gasteiger partial charge in [0.1, 0.15) is 11.8 Å². The average molecular weight is 986 g/mol. The molecule has 0 spiro atoms. The standard InChI is InChI=1S/C37H57N4O13PS.Gd/c1-26-20-29(4)36(30(5)21-26)31-22-28(3)33(23-27(31)2)54-55(48,49)53-18-6-8-32(37(46)47)41-16-14-39(24-34(42)43)12-10-38(9-7-19-56(50,51)52)11-13-40(15-17-41)25-35(44)45;/h20-23,32H,6-19,24-25H2,1-5H3,(H,42,43)(H,44,45)(H,46,47)(H,48,49)(H,50,51,52);/q;+3. The quantitative estimate of drug-likeness (QED) is 0.0819. The van der Waals surface area contributed by atoms with E-state index in [0.29, 0.717) is 18.7 Å². The van der Waals surface area contributed by atoms with E-state index in [9.17, 15) is 47.6 Å². The van der Waals surface area contributed by atoms with Crippen molar-refractivity contribution in [1.82, 2.24) is 19.6 Å². The van der Waals surface area contributed by atoms with Crippen molar-refractivity contribution in [3.63, 3.8) is 0 Å². The Morgan fingerprint density at radius 3 is 1.75 bits per heavy atom. The number of phosphoric acid groups is 1. The van der Waals surface area contributed by atoms with Gasteiger partial charge in [0.25, 0.3) is 10.1 Å². The molecule has 2 atom stereocenters. The zero-order valence-electron chi connectivity index (χ0n) is 33.2. The normalized spacial score (nSPS) is 17.4. The van der Waals surface area contributed by atoms with Crippen LogP contribution < -0.4 is 4.52 Å². The molecule has 1 saturated heterocycles. The van der Waals surface area contributed by atoms with Crippen LogP contribution in [0.2, 0.25) is 0 Å². The fourth-order valence-corrected chi connectivity index (χ4v) is 8.44. The van der Waals surface area contributed by atoms with Crippen molar-refractivity contribution in [2.75, 3.05) is 84.4 Å². The van der Waals surface area contributed by atoms with E-state index < -0.39 is 47.6 Å². The minimum Gasteiger partial charge on any atom is -0.480 e. The Morgan fingerprint density at radius 1 is 0.754 bits per heavy atom. The summed E-state index contributed by atoms with van der Waals surface area (Å²) in [5, 5.41) is 29.4. The van der Waals surface area contributed by atoms with Gasteiger partial charge in [-0.15, -0.1) is 0 Å². The maximum absolute atomic E-state index is 13.1. The van der Waals surface area contributed by atoms with Gasteiger partial charge in [-0.25, -0.2) is 4.57 Å². The van der Waals surface area contributed by atoms with Crippen LogP contribution >= 0.6 is 7.82 Å². The Labute approximate surface area is 367 Å². The average Bonchev–Trinajstić information content (AvgIpc) is 3.05. The fraction of sp³-hybridized carbons (Fsp3) is 0.595. The summed E-state index contributed by atoms with van der Waals surface area (Å²) in [5.74, 6) is -3.63. The molecule has 1 heterocycles. The van der Waals surface area contributed by atoms with E-state index in [2.05, 4.69) is 12.1 Å². The summed E-state index contributed by atoms with van der Waals surface area (Å²) in [6.45, 7) is 10.8. The SMILES string of the molecule is Cc1cc(C)c(-c2cc(C)c(OP(=O)(O)OCCCC(C(=O)O)N3CCN(CC(=O)O)CCN(CCCS(=O)(=O)O)CCN(CC(=O)O)CC3)cc2C)c(C)c1.[Gd+3]. The number of hydrogen-bond donors (Lipinski definition) is 5. The first-order valence-electron chi connectivity index (χ1n) is 18.5. The summed E-state index contributed by atoms with van der Waals surface area (Å²) in [5.41, 5.74) is 6.90. The Bertz CT molecular complexity index is 1800. The Kier molecular flexibility index (Phi) is 21.1. The van der Waals surface area contributed by atoms with Gasteiger partial charge < -0.3 is 24.7 Å². The molecular formula is C37H57GdN4O13PS+3. The molecule has 2 aromatic rings. The maximum Gasteiger partial charge on any atom is 3.00 e. The van der Waals surface area contributed by atoms with E-state index in [4.69, 9.17) is 13.6 Å². The molecule has 2 unspecified atom stereocenters. The monoisotopic (exact) mass is 986 g/mol. The van der Waals surface area contributed by atoms with Gasteiger partial charge in [-0.1, -0.05) is 17.7 Å². The number of nitrogens with zero attached hydrogens (tertiary/aromatic N) is 4. The van der Waals surface area contributed by atoms with Gasteiger partial charge >= 0.3 is 65.7 Å². The molecule has 1 fully saturated rings. The van der Waals surface area contributed by atoms with Crippen LogP contribution in [0.1, 0.15) is 47.1 Å². The van der Waals surface area contributed by atoms with Crippen LogP contribution in [0.3, 0.4) is 0 Å². The molecule has 0 aliphatic carbocycles. The summed E-state index contributed by atoms with van der Waals surface area (Å²) >= 11 is 0. The van der Waals surface area contributed by atoms with Crippen molar-refractivity contribution in [2.24, 2.45) is 0 Å². The number of carbonyl (C=O) groups is 3. The van der Waals surface area contributed by atoms with Gasteiger partial charge in [0.2, 0.25) is 0 Å². The molecule has 1 aliphatic heterocycles. The molecule has 0 saturated carbocycles. The van der Waals surface area contributed by atoms with Crippen LogP contribution in [0.4, 0.5) is 0 Å². The summed E-state index contributed by atoms with van der Waals surface area (Å²) in [6, 6.07) is 6.69. The van der Waals surface area contributed by atoms with E-state index >= 15 is 0 Å². The molecule has 0 aromatic heterocycles. The Balaban J connectivity index is 0.0000112. The number of carboxylic acid groups (broad SMARTS) is 3. The van der Waals surface area contributed by atoms with E-state index in [1.807, 2.05) is 38.7 Å². The summed E-state index contributed by atoms with van der Waals surface area (Å²) < 4.78 is 55.5. The molecule has 2 aromatic carbocycles. The summed E-state index contributed by atoms with van der Waals surface area (Å²) in [6.07, 6.45) is 0.171. The second kappa shape index (κ2) is 23.6. The Morgan fingerprint density at radius 2 is 1.26 bits per heavy atom. The number of rotatable bonds is 18. The first-order valence-corrected chi connectivity index (χ1v) is 21.6. The first kappa shape index (κ1) is 51.0. The molecule has 20 heteroatoms. The van der Waals surface area contributed by atoms with E-state index in [0.717, 1.165) is 33.4 Å².